The van der Waals surface area contributed by atoms with Gasteiger partial charge in [-0.2, -0.15) is 0 Å². The summed E-state index contributed by atoms with van der Waals surface area (Å²) in [6.07, 6.45) is 31.7. The highest BCUT2D eigenvalue weighted by molar-refractivity contribution is 5.15. The Hall–Kier alpha value is -3.49. The molecule has 7 nitrogen and oxygen atoms in total. The molecule has 7 heteroatoms. The van der Waals surface area contributed by atoms with E-state index in [4.69, 9.17) is 0 Å². The summed E-state index contributed by atoms with van der Waals surface area (Å²) in [6, 6.07) is 30.9. The van der Waals surface area contributed by atoms with Gasteiger partial charge in [0.1, 0.15) is 0 Å². The Morgan fingerprint density at radius 1 is 0.388 bits per heavy atom. The number of nitrogens with zero attached hydrogens (tertiary/aromatic N) is 7. The standard InChI is InChI=1S/3C15H24N2.C13H19N.4C3H8.4C2H6/c1-12-6-8-15(9-7-12)17(3)13(2)14-5-4-10-16-11-14;2*1-12-7-9-14(10-8-12)17(3)13(2)15-6-4-5-11-16-15;1-12-7-9-14(10-8-12)11-13-5-3-2-4-6-13;4*1-3-2;4*1-2/h4-5,10-13,15H,6-9H2,1-3H3;2*4-6,11-14H,7-10H2,1-3H3;2-6,12H,7-11H2,1H3;4*3H2,1-2H3;4*1-2H3. The molecule has 8 rings (SSSR count). The molecule has 4 aromatic rings. The average molecular weight is 1180 g/mol. The van der Waals surface area contributed by atoms with Crippen molar-refractivity contribution in [3.8, 4) is 0 Å². The van der Waals surface area contributed by atoms with Crippen molar-refractivity contribution in [2.24, 2.45) is 23.7 Å². The highest BCUT2D eigenvalue weighted by Gasteiger charge is 2.28. The van der Waals surface area contributed by atoms with Gasteiger partial charge in [0.25, 0.3) is 0 Å². The first-order chi connectivity index (χ1) is 41.0. The molecule has 1 aromatic carbocycles. The van der Waals surface area contributed by atoms with E-state index in [0.29, 0.717) is 18.1 Å². The molecular formula is C78H147N7. The molecule has 85 heavy (non-hydrogen) atoms. The van der Waals surface area contributed by atoms with E-state index >= 15 is 0 Å². The molecule has 4 aliphatic rings. The maximum absolute atomic E-state index is 4.47. The number of pyridine rings is 3. The van der Waals surface area contributed by atoms with Crippen molar-refractivity contribution in [1.82, 2.24) is 34.6 Å². The smallest absolute Gasteiger partial charge is 0.0572 e. The molecule has 1 aliphatic heterocycles. The lowest BCUT2D eigenvalue weighted by molar-refractivity contribution is 0.129. The van der Waals surface area contributed by atoms with Crippen LogP contribution in [0.3, 0.4) is 0 Å². The Morgan fingerprint density at radius 2 is 0.694 bits per heavy atom. The summed E-state index contributed by atoms with van der Waals surface area (Å²) >= 11 is 0. The molecular weight excluding hydrogens is 1030 g/mol. The van der Waals surface area contributed by atoms with E-state index in [1.54, 1.807) is 0 Å². The zero-order valence-corrected chi connectivity index (χ0v) is 61.6. The van der Waals surface area contributed by atoms with E-state index in [1.807, 2.05) is 98.4 Å². The van der Waals surface area contributed by atoms with Gasteiger partial charge in [-0.3, -0.25) is 34.6 Å². The minimum absolute atomic E-state index is 0.426. The normalized spacial score (nSPS) is 20.6. The third kappa shape index (κ3) is 42.1. The number of aromatic nitrogens is 3. The maximum Gasteiger partial charge on any atom is 0.0572 e. The lowest BCUT2D eigenvalue weighted by Gasteiger charge is -2.37. The zero-order chi connectivity index (χ0) is 65.4. The molecule has 3 unspecified atom stereocenters. The molecule has 0 spiro atoms. The minimum Gasteiger partial charge on any atom is -0.299 e. The van der Waals surface area contributed by atoms with Gasteiger partial charge in [-0.15, -0.1) is 0 Å². The Bertz CT molecular complexity index is 1680. The van der Waals surface area contributed by atoms with Crippen LogP contribution in [0.4, 0.5) is 0 Å². The van der Waals surface area contributed by atoms with Crippen LogP contribution in [-0.4, -0.2) is 86.9 Å². The number of benzene rings is 1. The topological polar surface area (TPSA) is 51.6 Å². The molecule has 0 N–H and O–H groups in total. The first kappa shape index (κ1) is 87.9. The average Bonchev–Trinajstić information content (AvgIpc) is 3.57. The Labute approximate surface area is 533 Å². The third-order valence-electron chi connectivity index (χ3n) is 16.0. The maximum atomic E-state index is 4.47. The van der Waals surface area contributed by atoms with Crippen LogP contribution in [0.1, 0.15) is 315 Å². The van der Waals surface area contributed by atoms with Crippen LogP contribution in [0.25, 0.3) is 0 Å². The van der Waals surface area contributed by atoms with E-state index in [1.165, 1.54) is 151 Å². The number of rotatable bonds is 11. The van der Waals surface area contributed by atoms with Crippen LogP contribution < -0.4 is 0 Å². The van der Waals surface area contributed by atoms with Gasteiger partial charge in [-0.1, -0.05) is 213 Å². The highest BCUT2D eigenvalue weighted by Crippen LogP contribution is 2.33. The predicted octanol–water partition coefficient (Wildman–Crippen LogP) is 23.6. The second kappa shape index (κ2) is 60.8. The zero-order valence-electron chi connectivity index (χ0n) is 61.6. The first-order valence-corrected chi connectivity index (χ1v) is 35.7. The fourth-order valence-electron chi connectivity index (χ4n) is 10.5. The van der Waals surface area contributed by atoms with E-state index in [9.17, 15) is 0 Å². The molecule has 0 bridgehead atoms. The van der Waals surface area contributed by atoms with Crippen molar-refractivity contribution < 1.29 is 0 Å². The number of hydrogen-bond acceptors (Lipinski definition) is 7. The summed E-state index contributed by atoms with van der Waals surface area (Å²) in [5.41, 5.74) is 5.15. The van der Waals surface area contributed by atoms with Gasteiger partial charge in [-0.05, 0) is 210 Å². The Kier molecular flexibility index (Phi) is 62.9. The van der Waals surface area contributed by atoms with Crippen LogP contribution in [0.15, 0.2) is 104 Å². The molecule has 4 heterocycles. The van der Waals surface area contributed by atoms with Crippen LogP contribution in [-0.2, 0) is 6.54 Å². The lowest BCUT2D eigenvalue weighted by atomic mass is 9.86. The molecule has 4 fully saturated rings. The molecule has 494 valence electrons. The summed E-state index contributed by atoms with van der Waals surface area (Å²) < 4.78 is 0. The third-order valence-corrected chi connectivity index (χ3v) is 16.0. The number of hydrogen-bond donors (Lipinski definition) is 0. The van der Waals surface area contributed by atoms with E-state index in [2.05, 4.69) is 220 Å². The van der Waals surface area contributed by atoms with E-state index in [0.717, 1.165) is 48.3 Å². The second-order valence-corrected chi connectivity index (χ2v) is 23.8. The molecule has 0 amide bonds. The molecule has 3 saturated carbocycles. The number of likely N-dealkylation sites (tertiary alicyclic amines) is 1. The van der Waals surface area contributed by atoms with Crippen molar-refractivity contribution >= 4 is 0 Å². The van der Waals surface area contributed by atoms with Crippen molar-refractivity contribution in [1.29, 1.82) is 0 Å². The molecule has 0 radical (unpaired) electrons. The Morgan fingerprint density at radius 3 is 0.988 bits per heavy atom. The Balaban J connectivity index is -0.000000466. The summed E-state index contributed by atoms with van der Waals surface area (Å²) in [5.74, 6) is 3.70. The van der Waals surface area contributed by atoms with Gasteiger partial charge >= 0.3 is 0 Å². The predicted molar refractivity (Wildman–Crippen MR) is 385 cm³/mol. The summed E-state index contributed by atoms with van der Waals surface area (Å²) in [6.45, 7) is 53.0. The van der Waals surface area contributed by atoms with Gasteiger partial charge in [-0.25, -0.2) is 0 Å². The lowest BCUT2D eigenvalue weighted by Crippen LogP contribution is -2.36. The van der Waals surface area contributed by atoms with Crippen LogP contribution in [0.5, 0.6) is 0 Å². The first-order valence-electron chi connectivity index (χ1n) is 35.7. The summed E-state index contributed by atoms with van der Waals surface area (Å²) in [4.78, 5) is 23.3. The van der Waals surface area contributed by atoms with Crippen LogP contribution in [0.2, 0.25) is 0 Å². The fourth-order valence-corrected chi connectivity index (χ4v) is 10.5. The van der Waals surface area contributed by atoms with Crippen molar-refractivity contribution in [3.63, 3.8) is 0 Å². The van der Waals surface area contributed by atoms with Crippen LogP contribution >= 0.6 is 0 Å². The van der Waals surface area contributed by atoms with Gasteiger partial charge in [0.05, 0.1) is 11.4 Å². The van der Waals surface area contributed by atoms with Crippen molar-refractivity contribution in [3.05, 3.63) is 126 Å². The number of piperidine rings is 1. The van der Waals surface area contributed by atoms with Gasteiger partial charge in [0.15, 0.2) is 0 Å². The second-order valence-electron chi connectivity index (χ2n) is 23.8. The molecule has 3 aliphatic carbocycles. The quantitative estimate of drug-likeness (QED) is 0.148. The van der Waals surface area contributed by atoms with Gasteiger partial charge in [0.2, 0.25) is 0 Å². The highest BCUT2D eigenvalue weighted by atomic mass is 15.2. The monoisotopic (exact) mass is 1180 g/mol. The molecule has 3 aromatic heterocycles. The van der Waals surface area contributed by atoms with E-state index < -0.39 is 0 Å². The van der Waals surface area contributed by atoms with Crippen LogP contribution in [0, 0.1) is 23.7 Å². The van der Waals surface area contributed by atoms with Gasteiger partial charge in [0, 0.05) is 67.6 Å². The fraction of sp³-hybridized carbons (Fsp3) is 0.731. The van der Waals surface area contributed by atoms with Gasteiger partial charge < -0.3 is 0 Å². The molecule has 1 saturated heterocycles. The summed E-state index contributed by atoms with van der Waals surface area (Å²) in [7, 11) is 6.76. The SMILES string of the molecule is CC.CC.CC.CC.CC1CCC(N(C)C(C)c2ccccn2)CC1.CC1CCC(N(C)C(C)c2ccccn2)CC1.CC1CCC(N(C)C(C)c2cccnc2)CC1.CC1CCN(Cc2ccccc2)CC1.CCC.CCC.CCC.CCC. The molecule has 3 atom stereocenters. The minimum atomic E-state index is 0.426. The largest absolute Gasteiger partial charge is 0.299 e. The summed E-state index contributed by atoms with van der Waals surface area (Å²) in [5, 5.41) is 0. The van der Waals surface area contributed by atoms with Crippen molar-refractivity contribution in [2.75, 3.05) is 34.2 Å². The van der Waals surface area contributed by atoms with E-state index in [-0.39, 0.29) is 0 Å². The van der Waals surface area contributed by atoms with Crippen molar-refractivity contribution in [2.45, 2.75) is 318 Å².